The van der Waals surface area contributed by atoms with Crippen molar-refractivity contribution in [2.24, 2.45) is 0 Å². The summed E-state index contributed by atoms with van der Waals surface area (Å²) >= 11 is 0. The number of hydrogen-bond acceptors (Lipinski definition) is 5. The molecule has 0 aliphatic carbocycles. The maximum Gasteiger partial charge on any atom is 0.242 e. The fourth-order valence-electron chi connectivity index (χ4n) is 2.38. The van der Waals surface area contributed by atoms with Gasteiger partial charge in [-0.05, 0) is 43.2 Å². The number of sulfone groups is 1. The highest BCUT2D eigenvalue weighted by Gasteiger charge is 2.26. The van der Waals surface area contributed by atoms with Crippen LogP contribution in [0.15, 0.2) is 59.5 Å². The van der Waals surface area contributed by atoms with E-state index in [1.165, 1.54) is 12.1 Å². The predicted molar refractivity (Wildman–Crippen MR) is 105 cm³/mol. The zero-order chi connectivity index (χ0) is 20.1. The first-order chi connectivity index (χ1) is 12.6. The first-order valence-electron chi connectivity index (χ1n) is 8.19. The number of carbonyl (C=O) groups excluding carboxylic acids is 1. The number of anilines is 1. The van der Waals surface area contributed by atoms with Gasteiger partial charge in [-0.25, -0.2) is 16.8 Å². The highest BCUT2D eigenvalue weighted by atomic mass is 32.2. The topological polar surface area (TPSA) is 109 Å². The van der Waals surface area contributed by atoms with Gasteiger partial charge in [0, 0.05) is 11.9 Å². The molecule has 0 heterocycles. The van der Waals surface area contributed by atoms with E-state index in [4.69, 9.17) is 0 Å². The van der Waals surface area contributed by atoms with Crippen LogP contribution in [-0.2, 0) is 24.7 Å². The number of carbonyl (C=O) groups is 1. The van der Waals surface area contributed by atoms with Gasteiger partial charge in [-0.1, -0.05) is 30.3 Å². The maximum atomic E-state index is 12.6. The number of rotatable bonds is 8. The summed E-state index contributed by atoms with van der Waals surface area (Å²) in [6.45, 7) is 1.86. The molecule has 2 N–H and O–H groups in total. The molecular formula is C18H22N2O5S2. The molecule has 1 amide bonds. The largest absolute Gasteiger partial charge is 0.325 e. The minimum absolute atomic E-state index is 0.00212. The van der Waals surface area contributed by atoms with E-state index < -0.39 is 31.8 Å². The monoisotopic (exact) mass is 410 g/mol. The molecule has 0 radical (unpaired) electrons. The summed E-state index contributed by atoms with van der Waals surface area (Å²) in [4.78, 5) is 12.6. The quantitative estimate of drug-likeness (QED) is 0.689. The minimum Gasteiger partial charge on any atom is -0.325 e. The Morgan fingerprint density at radius 2 is 1.67 bits per heavy atom. The lowest BCUT2D eigenvalue weighted by Crippen LogP contribution is -2.44. The molecule has 2 rings (SSSR count). The van der Waals surface area contributed by atoms with Crippen molar-refractivity contribution < 1.29 is 21.6 Å². The van der Waals surface area contributed by atoms with Gasteiger partial charge in [-0.15, -0.1) is 0 Å². The highest BCUT2D eigenvalue weighted by molar-refractivity contribution is 7.90. The SMILES string of the molecule is Cc1cccc(NC(=O)[C@H](CCS(C)(=O)=O)NS(=O)(=O)c2ccccc2)c1. The van der Waals surface area contributed by atoms with Crippen LogP contribution in [0.5, 0.6) is 0 Å². The van der Waals surface area contributed by atoms with Gasteiger partial charge in [-0.2, -0.15) is 4.72 Å². The molecule has 0 saturated carbocycles. The second kappa shape index (κ2) is 8.64. The van der Waals surface area contributed by atoms with Gasteiger partial charge in [0.05, 0.1) is 10.6 Å². The third kappa shape index (κ3) is 6.78. The first-order valence-corrected chi connectivity index (χ1v) is 11.7. The second-order valence-corrected chi connectivity index (χ2v) is 10.2. The molecule has 0 bridgehead atoms. The molecule has 0 saturated heterocycles. The molecule has 0 spiro atoms. The van der Waals surface area contributed by atoms with Crippen molar-refractivity contribution in [2.75, 3.05) is 17.3 Å². The lowest BCUT2D eigenvalue weighted by atomic mass is 10.2. The first kappa shape index (κ1) is 21.1. The maximum absolute atomic E-state index is 12.6. The van der Waals surface area contributed by atoms with Crippen LogP contribution in [0.2, 0.25) is 0 Å². The van der Waals surface area contributed by atoms with Crippen molar-refractivity contribution in [3.05, 3.63) is 60.2 Å². The van der Waals surface area contributed by atoms with Gasteiger partial charge in [-0.3, -0.25) is 4.79 Å². The van der Waals surface area contributed by atoms with Crippen LogP contribution >= 0.6 is 0 Å². The van der Waals surface area contributed by atoms with Crippen LogP contribution in [0.25, 0.3) is 0 Å². The predicted octanol–water partition coefficient (Wildman–Crippen LogP) is 1.72. The second-order valence-electron chi connectivity index (χ2n) is 6.26. The van der Waals surface area contributed by atoms with Gasteiger partial charge < -0.3 is 5.32 Å². The summed E-state index contributed by atoms with van der Waals surface area (Å²) < 4.78 is 50.4. The fourth-order valence-corrected chi connectivity index (χ4v) is 4.30. The molecule has 2 aromatic rings. The number of nitrogens with one attached hydrogen (secondary N) is 2. The molecule has 146 valence electrons. The Morgan fingerprint density at radius 1 is 1.00 bits per heavy atom. The summed E-state index contributed by atoms with van der Waals surface area (Å²) in [5, 5.41) is 2.63. The molecule has 7 nitrogen and oxygen atoms in total. The van der Waals surface area contributed by atoms with E-state index >= 15 is 0 Å². The number of aryl methyl sites for hydroxylation is 1. The van der Waals surface area contributed by atoms with Crippen molar-refractivity contribution in [3.8, 4) is 0 Å². The van der Waals surface area contributed by atoms with E-state index in [-0.39, 0.29) is 17.1 Å². The minimum atomic E-state index is -3.98. The normalized spacial score (nSPS) is 13.1. The number of amides is 1. The van der Waals surface area contributed by atoms with Crippen LogP contribution in [-0.4, -0.2) is 40.8 Å². The molecule has 0 fully saturated rings. The average molecular weight is 411 g/mol. The molecule has 0 aliphatic heterocycles. The van der Waals surface area contributed by atoms with Crippen LogP contribution in [0.3, 0.4) is 0 Å². The van der Waals surface area contributed by atoms with E-state index in [0.29, 0.717) is 5.69 Å². The van der Waals surface area contributed by atoms with E-state index in [2.05, 4.69) is 10.0 Å². The number of hydrogen-bond donors (Lipinski definition) is 2. The van der Waals surface area contributed by atoms with Crippen LogP contribution in [0.4, 0.5) is 5.69 Å². The van der Waals surface area contributed by atoms with Crippen molar-refractivity contribution >= 4 is 31.5 Å². The van der Waals surface area contributed by atoms with Crippen molar-refractivity contribution in [1.82, 2.24) is 4.72 Å². The third-order valence-electron chi connectivity index (χ3n) is 3.73. The van der Waals surface area contributed by atoms with E-state index in [9.17, 15) is 21.6 Å². The third-order valence-corrected chi connectivity index (χ3v) is 6.20. The smallest absolute Gasteiger partial charge is 0.242 e. The summed E-state index contributed by atoms with van der Waals surface area (Å²) in [5.74, 6) is -0.945. The summed E-state index contributed by atoms with van der Waals surface area (Å²) in [7, 11) is -7.35. The number of benzene rings is 2. The molecule has 0 unspecified atom stereocenters. The van der Waals surface area contributed by atoms with Gasteiger partial charge in [0.25, 0.3) is 0 Å². The van der Waals surface area contributed by atoms with Crippen LogP contribution < -0.4 is 10.0 Å². The highest BCUT2D eigenvalue weighted by Crippen LogP contribution is 2.13. The van der Waals surface area contributed by atoms with Gasteiger partial charge in [0.1, 0.15) is 15.9 Å². The van der Waals surface area contributed by atoms with Crippen molar-refractivity contribution in [3.63, 3.8) is 0 Å². The molecular weight excluding hydrogens is 388 g/mol. The Kier molecular flexibility index (Phi) is 6.74. The lowest BCUT2D eigenvalue weighted by molar-refractivity contribution is -0.117. The van der Waals surface area contributed by atoms with Gasteiger partial charge >= 0.3 is 0 Å². The molecule has 1 atom stereocenters. The molecule has 0 aromatic heterocycles. The standard InChI is InChI=1S/C18H22N2O5S2/c1-14-7-6-8-15(13-14)19-18(21)17(11-12-26(2,22)23)20-27(24,25)16-9-4-3-5-10-16/h3-10,13,17,20H,11-12H2,1-2H3,(H,19,21)/t17-/m0/s1. The van der Waals surface area contributed by atoms with Gasteiger partial charge in [0.15, 0.2) is 0 Å². The Bertz CT molecular complexity index is 1000. The Balaban J connectivity index is 2.23. The molecule has 0 aliphatic rings. The fraction of sp³-hybridized carbons (Fsp3) is 0.278. The lowest BCUT2D eigenvalue weighted by Gasteiger charge is -2.18. The summed E-state index contributed by atoms with van der Waals surface area (Å²) in [5.41, 5.74) is 1.42. The number of sulfonamides is 1. The van der Waals surface area contributed by atoms with Crippen LogP contribution in [0.1, 0.15) is 12.0 Å². The van der Waals surface area contributed by atoms with E-state index in [0.717, 1.165) is 11.8 Å². The zero-order valence-corrected chi connectivity index (χ0v) is 16.7. The van der Waals surface area contributed by atoms with E-state index in [1.54, 1.807) is 36.4 Å². The molecule has 27 heavy (non-hydrogen) atoms. The Labute approximate surface area is 159 Å². The summed E-state index contributed by atoms with van der Waals surface area (Å²) in [6.07, 6.45) is 0.858. The summed E-state index contributed by atoms with van der Waals surface area (Å²) in [6, 6.07) is 13.4. The molecule has 9 heteroatoms. The van der Waals surface area contributed by atoms with Crippen LogP contribution in [0, 0.1) is 6.92 Å². The zero-order valence-electron chi connectivity index (χ0n) is 15.0. The van der Waals surface area contributed by atoms with Crippen molar-refractivity contribution in [2.45, 2.75) is 24.3 Å². The van der Waals surface area contributed by atoms with Crippen molar-refractivity contribution in [1.29, 1.82) is 0 Å². The Hall–Kier alpha value is -2.23. The molecule has 2 aromatic carbocycles. The average Bonchev–Trinajstić information content (AvgIpc) is 2.58. The Morgan fingerprint density at radius 3 is 2.26 bits per heavy atom. The van der Waals surface area contributed by atoms with E-state index in [1.807, 2.05) is 13.0 Å². The van der Waals surface area contributed by atoms with Gasteiger partial charge in [0.2, 0.25) is 15.9 Å².